The van der Waals surface area contributed by atoms with Gasteiger partial charge in [-0.25, -0.2) is 0 Å². The summed E-state index contributed by atoms with van der Waals surface area (Å²) in [4.78, 5) is 26.9. The van der Waals surface area contributed by atoms with Crippen molar-refractivity contribution in [3.63, 3.8) is 0 Å². The van der Waals surface area contributed by atoms with Crippen LogP contribution in [-0.2, 0) is 22.4 Å². The number of amides is 2. The number of rotatable bonds is 8. The van der Waals surface area contributed by atoms with Crippen LogP contribution in [0.2, 0.25) is 0 Å². The number of hydrogen-bond acceptors (Lipinski definition) is 4. The summed E-state index contributed by atoms with van der Waals surface area (Å²) in [6, 6.07) is 13.9. The van der Waals surface area contributed by atoms with Gasteiger partial charge in [-0.1, -0.05) is 35.9 Å². The lowest BCUT2D eigenvalue weighted by atomic mass is 10.0. The number of carbonyl (C=O) groups excluding carboxylic acids is 2. The fourth-order valence-corrected chi connectivity index (χ4v) is 3.89. The Labute approximate surface area is 184 Å². The van der Waals surface area contributed by atoms with Crippen molar-refractivity contribution in [2.45, 2.75) is 45.1 Å². The molecule has 1 saturated heterocycles. The maximum absolute atomic E-state index is 12.5. The summed E-state index contributed by atoms with van der Waals surface area (Å²) >= 11 is 0. The van der Waals surface area contributed by atoms with E-state index >= 15 is 0 Å². The summed E-state index contributed by atoms with van der Waals surface area (Å²) < 4.78 is 10.5. The number of nitrogens with zero attached hydrogens (tertiary/aromatic N) is 1. The van der Waals surface area contributed by atoms with Crippen LogP contribution in [0, 0.1) is 6.92 Å². The quantitative estimate of drug-likeness (QED) is 0.706. The van der Waals surface area contributed by atoms with Crippen molar-refractivity contribution in [1.82, 2.24) is 10.2 Å². The predicted octanol–water partition coefficient (Wildman–Crippen LogP) is 3.29. The Morgan fingerprint density at radius 3 is 2.26 bits per heavy atom. The Morgan fingerprint density at radius 2 is 1.61 bits per heavy atom. The van der Waals surface area contributed by atoms with E-state index in [4.69, 9.17) is 9.47 Å². The van der Waals surface area contributed by atoms with Crippen LogP contribution in [0.5, 0.6) is 11.5 Å². The molecule has 3 rings (SSSR count). The van der Waals surface area contributed by atoms with E-state index < -0.39 is 0 Å². The summed E-state index contributed by atoms with van der Waals surface area (Å²) in [5.74, 6) is 1.43. The molecule has 0 radical (unpaired) electrons. The van der Waals surface area contributed by atoms with E-state index in [1.54, 1.807) is 14.2 Å². The zero-order valence-electron chi connectivity index (χ0n) is 18.6. The van der Waals surface area contributed by atoms with Gasteiger partial charge in [0.2, 0.25) is 11.8 Å². The summed E-state index contributed by atoms with van der Waals surface area (Å²) in [6.45, 7) is 3.44. The van der Waals surface area contributed by atoms with Gasteiger partial charge in [0.1, 0.15) is 0 Å². The van der Waals surface area contributed by atoms with Crippen LogP contribution in [0.4, 0.5) is 0 Å². The Bertz CT molecular complexity index is 887. The zero-order valence-corrected chi connectivity index (χ0v) is 18.6. The first-order valence-corrected chi connectivity index (χ1v) is 10.8. The van der Waals surface area contributed by atoms with Gasteiger partial charge in [0, 0.05) is 25.6 Å². The lowest BCUT2D eigenvalue weighted by molar-refractivity contribution is -0.132. The number of ether oxygens (including phenoxy) is 2. The highest BCUT2D eigenvalue weighted by Crippen LogP contribution is 2.27. The van der Waals surface area contributed by atoms with Gasteiger partial charge in [-0.05, 0) is 49.4 Å². The second-order valence-electron chi connectivity index (χ2n) is 8.07. The Hall–Kier alpha value is -3.02. The third-order valence-electron chi connectivity index (χ3n) is 5.77. The molecule has 166 valence electrons. The molecule has 6 heteroatoms. The molecular weight excluding hydrogens is 392 g/mol. The predicted molar refractivity (Wildman–Crippen MR) is 120 cm³/mol. The topological polar surface area (TPSA) is 67.9 Å². The van der Waals surface area contributed by atoms with Crippen molar-refractivity contribution in [2.75, 3.05) is 27.3 Å². The Balaban J connectivity index is 1.41. The molecule has 31 heavy (non-hydrogen) atoms. The minimum absolute atomic E-state index is 0.0173. The third-order valence-corrected chi connectivity index (χ3v) is 5.77. The molecule has 6 nitrogen and oxygen atoms in total. The molecule has 1 fully saturated rings. The smallest absolute Gasteiger partial charge is 0.224 e. The van der Waals surface area contributed by atoms with Crippen molar-refractivity contribution < 1.29 is 19.1 Å². The second kappa shape index (κ2) is 10.8. The molecule has 0 spiro atoms. The zero-order chi connectivity index (χ0) is 22.2. The van der Waals surface area contributed by atoms with Crippen molar-refractivity contribution in [3.05, 3.63) is 59.2 Å². The van der Waals surface area contributed by atoms with Crippen molar-refractivity contribution >= 4 is 11.8 Å². The van der Waals surface area contributed by atoms with E-state index in [0.717, 1.165) is 24.8 Å². The van der Waals surface area contributed by atoms with Crippen molar-refractivity contribution in [3.8, 4) is 11.5 Å². The molecule has 0 unspecified atom stereocenters. The van der Waals surface area contributed by atoms with E-state index in [9.17, 15) is 9.59 Å². The Kier molecular flexibility index (Phi) is 7.93. The summed E-state index contributed by atoms with van der Waals surface area (Å²) in [5, 5.41) is 3.11. The fraction of sp³-hybridized carbons (Fsp3) is 0.440. The van der Waals surface area contributed by atoms with Crippen LogP contribution in [0.3, 0.4) is 0 Å². The molecule has 1 aliphatic rings. The van der Waals surface area contributed by atoms with Crippen LogP contribution >= 0.6 is 0 Å². The highest BCUT2D eigenvalue weighted by molar-refractivity contribution is 5.79. The standard InChI is InChI=1S/C25H32N2O4/c1-18-4-6-19(7-5-18)9-11-25(29)27-14-12-21(13-15-27)26-24(28)17-20-8-10-22(30-2)23(16-20)31-3/h4-8,10,16,21H,9,11-15,17H2,1-3H3,(H,26,28). The maximum Gasteiger partial charge on any atom is 0.224 e. The normalized spacial score (nSPS) is 14.2. The Morgan fingerprint density at radius 1 is 0.968 bits per heavy atom. The van der Waals surface area contributed by atoms with Crippen LogP contribution in [0.15, 0.2) is 42.5 Å². The van der Waals surface area contributed by atoms with Crippen molar-refractivity contribution in [1.29, 1.82) is 0 Å². The molecule has 0 saturated carbocycles. The number of nitrogens with one attached hydrogen (secondary N) is 1. The van der Waals surface area contributed by atoms with Gasteiger partial charge in [-0.2, -0.15) is 0 Å². The summed E-state index contributed by atoms with van der Waals surface area (Å²) in [7, 11) is 3.17. The SMILES string of the molecule is COc1ccc(CC(=O)NC2CCN(C(=O)CCc3ccc(C)cc3)CC2)cc1OC. The minimum Gasteiger partial charge on any atom is -0.493 e. The van der Waals surface area contributed by atoms with Crippen LogP contribution in [-0.4, -0.2) is 50.1 Å². The highest BCUT2D eigenvalue weighted by Gasteiger charge is 2.23. The number of likely N-dealkylation sites (tertiary alicyclic amines) is 1. The molecule has 2 aromatic carbocycles. The van der Waals surface area contributed by atoms with E-state index in [0.29, 0.717) is 31.0 Å². The number of benzene rings is 2. The molecule has 2 aromatic rings. The van der Waals surface area contributed by atoms with Crippen molar-refractivity contribution in [2.24, 2.45) is 0 Å². The average molecular weight is 425 g/mol. The highest BCUT2D eigenvalue weighted by atomic mass is 16.5. The lowest BCUT2D eigenvalue weighted by Gasteiger charge is -2.32. The number of piperidine rings is 1. The monoisotopic (exact) mass is 424 g/mol. The average Bonchev–Trinajstić information content (AvgIpc) is 2.78. The molecule has 2 amide bonds. The fourth-order valence-electron chi connectivity index (χ4n) is 3.89. The van der Waals surface area contributed by atoms with E-state index in [2.05, 4.69) is 36.5 Å². The van der Waals surface area contributed by atoms with E-state index in [1.165, 1.54) is 11.1 Å². The maximum atomic E-state index is 12.5. The molecular formula is C25H32N2O4. The minimum atomic E-state index is -0.0173. The molecule has 0 aliphatic carbocycles. The van der Waals surface area contributed by atoms with Gasteiger partial charge in [-0.3, -0.25) is 9.59 Å². The number of hydrogen-bond donors (Lipinski definition) is 1. The van der Waals surface area contributed by atoms with Crippen LogP contribution in [0.25, 0.3) is 0 Å². The van der Waals surface area contributed by atoms with E-state index in [-0.39, 0.29) is 24.3 Å². The molecule has 1 aliphatic heterocycles. The summed E-state index contributed by atoms with van der Waals surface area (Å²) in [5.41, 5.74) is 3.29. The third kappa shape index (κ3) is 6.48. The largest absolute Gasteiger partial charge is 0.493 e. The van der Waals surface area contributed by atoms with Gasteiger partial charge >= 0.3 is 0 Å². The first kappa shape index (κ1) is 22.7. The number of aryl methyl sites for hydroxylation is 2. The number of carbonyl (C=O) groups is 2. The van der Waals surface area contributed by atoms with Gasteiger partial charge in [0.25, 0.3) is 0 Å². The molecule has 1 N–H and O–H groups in total. The molecule has 0 aromatic heterocycles. The number of methoxy groups -OCH3 is 2. The first-order valence-electron chi connectivity index (χ1n) is 10.8. The lowest BCUT2D eigenvalue weighted by Crippen LogP contribution is -2.46. The van der Waals surface area contributed by atoms with E-state index in [1.807, 2.05) is 23.1 Å². The van der Waals surface area contributed by atoms with Gasteiger partial charge in [0.05, 0.1) is 20.6 Å². The van der Waals surface area contributed by atoms with Gasteiger partial charge in [0.15, 0.2) is 11.5 Å². The summed E-state index contributed by atoms with van der Waals surface area (Å²) in [6.07, 6.45) is 3.15. The van der Waals surface area contributed by atoms with Gasteiger partial charge < -0.3 is 19.7 Å². The van der Waals surface area contributed by atoms with Crippen LogP contribution in [0.1, 0.15) is 36.0 Å². The molecule has 0 atom stereocenters. The molecule has 1 heterocycles. The first-order chi connectivity index (χ1) is 15.0. The molecule has 0 bridgehead atoms. The second-order valence-corrected chi connectivity index (χ2v) is 8.07. The van der Waals surface area contributed by atoms with Crippen LogP contribution < -0.4 is 14.8 Å². The van der Waals surface area contributed by atoms with Gasteiger partial charge in [-0.15, -0.1) is 0 Å².